The average Bonchev–Trinajstić information content (AvgIpc) is 3.11. The van der Waals surface area contributed by atoms with Crippen molar-refractivity contribution in [1.29, 1.82) is 0 Å². The van der Waals surface area contributed by atoms with Gasteiger partial charge in [-0.25, -0.2) is 9.78 Å². The highest BCUT2D eigenvalue weighted by atomic mass is 35.5. The second-order valence-corrected chi connectivity index (χ2v) is 7.45. The molecule has 0 atom stereocenters. The van der Waals surface area contributed by atoms with Gasteiger partial charge in [-0.05, 0) is 38.1 Å². The molecule has 0 aliphatic rings. The SMILES string of the molecule is CC(C)(Oc1ccc(Cl)cc1)C(=O)OCc1csc(-c2ccccc2)n1. The topological polar surface area (TPSA) is 48.4 Å². The molecular weight excluding hydrogens is 370 g/mol. The molecule has 0 fully saturated rings. The van der Waals surface area contributed by atoms with Crippen molar-refractivity contribution in [3.63, 3.8) is 0 Å². The predicted octanol–water partition coefficient (Wildman–Crippen LogP) is 5.36. The molecule has 6 heteroatoms. The number of thiazole rings is 1. The zero-order valence-corrected chi connectivity index (χ0v) is 16.0. The minimum Gasteiger partial charge on any atom is -0.476 e. The highest BCUT2D eigenvalue weighted by Crippen LogP contribution is 2.25. The Morgan fingerprint density at radius 3 is 2.50 bits per heavy atom. The molecule has 0 aliphatic heterocycles. The quantitative estimate of drug-likeness (QED) is 0.534. The van der Waals surface area contributed by atoms with E-state index in [2.05, 4.69) is 4.98 Å². The van der Waals surface area contributed by atoms with Gasteiger partial charge < -0.3 is 9.47 Å². The molecule has 2 aromatic carbocycles. The van der Waals surface area contributed by atoms with Gasteiger partial charge in [-0.3, -0.25) is 0 Å². The third kappa shape index (κ3) is 4.62. The summed E-state index contributed by atoms with van der Waals surface area (Å²) < 4.78 is 11.1. The van der Waals surface area contributed by atoms with Crippen LogP contribution in [0.4, 0.5) is 0 Å². The number of hydrogen-bond donors (Lipinski definition) is 0. The molecule has 26 heavy (non-hydrogen) atoms. The largest absolute Gasteiger partial charge is 0.476 e. The van der Waals surface area contributed by atoms with Gasteiger partial charge in [-0.15, -0.1) is 11.3 Å². The molecule has 4 nitrogen and oxygen atoms in total. The number of carbonyl (C=O) groups excluding carboxylic acids is 1. The third-order valence-corrected chi connectivity index (χ3v) is 4.79. The van der Waals surface area contributed by atoms with E-state index in [1.54, 1.807) is 38.1 Å². The van der Waals surface area contributed by atoms with E-state index in [0.29, 0.717) is 16.5 Å². The molecular formula is C20H18ClNO3S. The Labute approximate surface area is 161 Å². The van der Waals surface area contributed by atoms with Gasteiger partial charge in [0.25, 0.3) is 0 Å². The molecule has 1 heterocycles. The highest BCUT2D eigenvalue weighted by molar-refractivity contribution is 7.13. The summed E-state index contributed by atoms with van der Waals surface area (Å²) in [4.78, 5) is 16.9. The van der Waals surface area contributed by atoms with Crippen molar-refractivity contribution in [1.82, 2.24) is 4.98 Å². The number of halogens is 1. The lowest BCUT2D eigenvalue weighted by atomic mass is 10.1. The van der Waals surface area contributed by atoms with Gasteiger partial charge in [0, 0.05) is 16.0 Å². The van der Waals surface area contributed by atoms with E-state index in [4.69, 9.17) is 21.1 Å². The first kappa shape index (κ1) is 18.4. The van der Waals surface area contributed by atoms with Crippen molar-refractivity contribution in [2.45, 2.75) is 26.1 Å². The fourth-order valence-electron chi connectivity index (χ4n) is 2.24. The number of aromatic nitrogens is 1. The van der Waals surface area contributed by atoms with Crippen molar-refractivity contribution >= 4 is 28.9 Å². The van der Waals surface area contributed by atoms with Crippen LogP contribution in [0.2, 0.25) is 5.02 Å². The van der Waals surface area contributed by atoms with Crippen LogP contribution in [0.1, 0.15) is 19.5 Å². The smallest absolute Gasteiger partial charge is 0.350 e. The van der Waals surface area contributed by atoms with Crippen LogP contribution in [0.5, 0.6) is 5.75 Å². The predicted molar refractivity (Wildman–Crippen MR) is 104 cm³/mol. The molecule has 1 aromatic heterocycles. The number of ether oxygens (including phenoxy) is 2. The average molecular weight is 388 g/mol. The van der Waals surface area contributed by atoms with E-state index in [-0.39, 0.29) is 6.61 Å². The van der Waals surface area contributed by atoms with E-state index < -0.39 is 11.6 Å². The van der Waals surface area contributed by atoms with Crippen LogP contribution in [0.3, 0.4) is 0 Å². The third-order valence-electron chi connectivity index (χ3n) is 3.60. The first-order valence-electron chi connectivity index (χ1n) is 8.06. The summed E-state index contributed by atoms with van der Waals surface area (Å²) in [5.74, 6) is 0.0954. The summed E-state index contributed by atoms with van der Waals surface area (Å²) >= 11 is 7.38. The monoisotopic (exact) mass is 387 g/mol. The summed E-state index contributed by atoms with van der Waals surface area (Å²) in [7, 11) is 0. The number of esters is 1. The number of hydrogen-bond acceptors (Lipinski definition) is 5. The number of rotatable bonds is 6. The lowest BCUT2D eigenvalue weighted by Gasteiger charge is -2.24. The Hall–Kier alpha value is -2.37. The van der Waals surface area contributed by atoms with Gasteiger partial charge in [-0.2, -0.15) is 0 Å². The van der Waals surface area contributed by atoms with Gasteiger partial charge in [0.15, 0.2) is 5.60 Å². The maximum Gasteiger partial charge on any atom is 0.350 e. The Kier molecular flexibility index (Phi) is 5.59. The van der Waals surface area contributed by atoms with Crippen molar-refractivity contribution in [2.75, 3.05) is 0 Å². The minimum atomic E-state index is -1.12. The molecule has 0 amide bonds. The molecule has 3 aromatic rings. The second-order valence-electron chi connectivity index (χ2n) is 6.15. The standard InChI is InChI=1S/C20H18ClNO3S/c1-20(2,25-17-10-8-15(21)9-11-17)19(23)24-12-16-13-26-18(22-16)14-6-4-3-5-7-14/h3-11,13H,12H2,1-2H3. The van der Waals surface area contributed by atoms with Crippen LogP contribution in [-0.2, 0) is 16.1 Å². The van der Waals surface area contributed by atoms with Gasteiger partial charge in [-0.1, -0.05) is 41.9 Å². The van der Waals surface area contributed by atoms with Crippen LogP contribution in [-0.4, -0.2) is 16.6 Å². The van der Waals surface area contributed by atoms with Gasteiger partial charge >= 0.3 is 5.97 Å². The number of carbonyl (C=O) groups is 1. The first-order chi connectivity index (χ1) is 12.4. The molecule has 0 N–H and O–H groups in total. The summed E-state index contributed by atoms with van der Waals surface area (Å²) in [6.45, 7) is 3.44. The van der Waals surface area contributed by atoms with Gasteiger partial charge in [0.05, 0.1) is 5.69 Å². The van der Waals surface area contributed by atoms with Crippen LogP contribution in [0.25, 0.3) is 10.6 Å². The molecule has 0 spiro atoms. The van der Waals surface area contributed by atoms with Crippen molar-refractivity contribution in [2.24, 2.45) is 0 Å². The van der Waals surface area contributed by atoms with E-state index in [1.165, 1.54) is 11.3 Å². The van der Waals surface area contributed by atoms with Gasteiger partial charge in [0.2, 0.25) is 0 Å². The van der Waals surface area contributed by atoms with Crippen molar-refractivity contribution in [3.05, 3.63) is 70.7 Å². The molecule has 0 unspecified atom stereocenters. The van der Waals surface area contributed by atoms with E-state index >= 15 is 0 Å². The Morgan fingerprint density at radius 2 is 1.81 bits per heavy atom. The molecule has 0 aliphatic carbocycles. The lowest BCUT2D eigenvalue weighted by molar-refractivity contribution is -0.160. The summed E-state index contributed by atoms with van der Waals surface area (Å²) in [5.41, 5.74) is 0.637. The van der Waals surface area contributed by atoms with E-state index in [0.717, 1.165) is 10.6 Å². The van der Waals surface area contributed by atoms with Crippen molar-refractivity contribution in [3.8, 4) is 16.3 Å². The highest BCUT2D eigenvalue weighted by Gasteiger charge is 2.32. The van der Waals surface area contributed by atoms with Crippen LogP contribution < -0.4 is 4.74 Å². The second kappa shape index (κ2) is 7.89. The van der Waals surface area contributed by atoms with E-state index in [9.17, 15) is 4.79 Å². The lowest BCUT2D eigenvalue weighted by Crippen LogP contribution is -2.39. The maximum atomic E-state index is 12.4. The molecule has 0 bridgehead atoms. The molecule has 0 radical (unpaired) electrons. The summed E-state index contributed by atoms with van der Waals surface area (Å²) in [6.07, 6.45) is 0. The molecule has 3 rings (SSSR count). The molecule has 0 saturated carbocycles. The number of benzene rings is 2. The number of nitrogens with zero attached hydrogens (tertiary/aromatic N) is 1. The summed E-state index contributed by atoms with van der Waals surface area (Å²) in [5, 5.41) is 3.40. The molecule has 134 valence electrons. The first-order valence-corrected chi connectivity index (χ1v) is 9.31. The minimum absolute atomic E-state index is 0.107. The van der Waals surface area contributed by atoms with Crippen LogP contribution in [0.15, 0.2) is 60.0 Å². The Bertz CT molecular complexity index is 876. The Balaban J connectivity index is 1.59. The van der Waals surface area contributed by atoms with Crippen LogP contribution in [0, 0.1) is 0 Å². The fourth-order valence-corrected chi connectivity index (χ4v) is 3.18. The van der Waals surface area contributed by atoms with Crippen LogP contribution >= 0.6 is 22.9 Å². The maximum absolute atomic E-state index is 12.4. The zero-order valence-electron chi connectivity index (χ0n) is 14.4. The molecule has 0 saturated heterocycles. The summed E-state index contributed by atoms with van der Waals surface area (Å²) in [6, 6.07) is 16.7. The fraction of sp³-hybridized carbons (Fsp3) is 0.200. The van der Waals surface area contributed by atoms with Gasteiger partial charge in [0.1, 0.15) is 17.4 Å². The normalized spacial score (nSPS) is 11.2. The Morgan fingerprint density at radius 1 is 1.12 bits per heavy atom. The van der Waals surface area contributed by atoms with E-state index in [1.807, 2.05) is 35.7 Å². The zero-order chi connectivity index (χ0) is 18.6. The van der Waals surface area contributed by atoms with Crippen molar-refractivity contribution < 1.29 is 14.3 Å².